The summed E-state index contributed by atoms with van der Waals surface area (Å²) in [5.74, 6) is -1.01. The lowest BCUT2D eigenvalue weighted by atomic mass is 9.83. The normalized spacial score (nSPS) is 29.1. The summed E-state index contributed by atoms with van der Waals surface area (Å²) in [5, 5.41) is 6.70. The second-order valence-electron chi connectivity index (χ2n) is 11.4. The Labute approximate surface area is 235 Å². The molecule has 0 aromatic heterocycles. The molecule has 9 heteroatoms. The third-order valence-electron chi connectivity index (χ3n) is 8.49. The van der Waals surface area contributed by atoms with E-state index in [2.05, 4.69) is 36.4 Å². The Kier molecular flexibility index (Phi) is 13.5. The number of nitrogens with two attached hydrogens (primary N) is 2. The van der Waals surface area contributed by atoms with Crippen molar-refractivity contribution in [1.29, 1.82) is 0 Å². The summed E-state index contributed by atoms with van der Waals surface area (Å²) in [6.07, 6.45) is 10.1. The zero-order chi connectivity index (χ0) is 28.2. The molecule has 3 rings (SSSR count). The van der Waals surface area contributed by atoms with Crippen LogP contribution < -0.4 is 22.1 Å². The van der Waals surface area contributed by atoms with E-state index in [1.807, 2.05) is 0 Å². The average molecular weight is 549 g/mol. The van der Waals surface area contributed by atoms with E-state index in [-0.39, 0.29) is 30.1 Å². The van der Waals surface area contributed by atoms with Crippen molar-refractivity contribution in [3.63, 3.8) is 0 Å². The van der Waals surface area contributed by atoms with E-state index in [9.17, 15) is 9.18 Å². The molecule has 6 atom stereocenters. The molecule has 1 amide bonds. The van der Waals surface area contributed by atoms with Crippen LogP contribution in [-0.2, 0) is 9.53 Å². The van der Waals surface area contributed by atoms with Crippen LogP contribution in [0.5, 0.6) is 0 Å². The number of allylic oxidation sites excluding steroid dienone is 1. The van der Waals surface area contributed by atoms with Crippen LogP contribution in [0.15, 0.2) is 21.3 Å². The van der Waals surface area contributed by atoms with Gasteiger partial charge in [-0.1, -0.05) is 40.0 Å². The van der Waals surface area contributed by atoms with Gasteiger partial charge in [0.1, 0.15) is 12.1 Å². The van der Waals surface area contributed by atoms with Crippen molar-refractivity contribution in [2.75, 3.05) is 19.6 Å². The molecule has 222 valence electrons. The van der Waals surface area contributed by atoms with Gasteiger partial charge in [-0.05, 0) is 75.8 Å². The molecule has 6 N–H and O–H groups in total. The van der Waals surface area contributed by atoms with Crippen molar-refractivity contribution in [3.05, 3.63) is 11.3 Å². The minimum atomic E-state index is -1.15. The van der Waals surface area contributed by atoms with Gasteiger partial charge in [-0.2, -0.15) is 0 Å². The summed E-state index contributed by atoms with van der Waals surface area (Å²) >= 11 is 0. The van der Waals surface area contributed by atoms with Crippen molar-refractivity contribution < 1.29 is 13.9 Å². The molecule has 0 aromatic rings. The predicted molar refractivity (Wildman–Crippen MR) is 158 cm³/mol. The molecular formula is C30H53FN6O2. The number of nitrogens with zero attached hydrogens (tertiary/aromatic N) is 2. The lowest BCUT2D eigenvalue weighted by Crippen LogP contribution is -2.57. The molecule has 3 heterocycles. The van der Waals surface area contributed by atoms with Gasteiger partial charge in [0.25, 0.3) is 0 Å². The van der Waals surface area contributed by atoms with Gasteiger partial charge in [-0.3, -0.25) is 14.8 Å². The number of unbranched alkanes of at least 4 members (excludes halogenated alkanes) is 3. The number of rotatable bonds is 13. The first-order valence-electron chi connectivity index (χ1n) is 15.5. The van der Waals surface area contributed by atoms with Crippen molar-refractivity contribution >= 4 is 17.8 Å². The monoisotopic (exact) mass is 548 g/mol. The van der Waals surface area contributed by atoms with Crippen LogP contribution in [0.3, 0.4) is 0 Å². The van der Waals surface area contributed by atoms with Gasteiger partial charge < -0.3 is 26.8 Å². The smallest absolute Gasteiger partial charge is 0.232 e. The molecular weight excluding hydrogens is 495 g/mol. The Morgan fingerprint density at radius 1 is 1.18 bits per heavy atom. The van der Waals surface area contributed by atoms with Crippen molar-refractivity contribution in [1.82, 2.24) is 10.6 Å². The first kappa shape index (κ1) is 31.8. The van der Waals surface area contributed by atoms with E-state index in [0.717, 1.165) is 75.7 Å². The second-order valence-corrected chi connectivity index (χ2v) is 11.4. The number of alkyl halides is 1. The van der Waals surface area contributed by atoms with Gasteiger partial charge in [0.15, 0.2) is 0 Å². The van der Waals surface area contributed by atoms with Crippen LogP contribution >= 0.6 is 0 Å². The van der Waals surface area contributed by atoms with Gasteiger partial charge in [-0.15, -0.1) is 0 Å². The number of hydrogen-bond acceptors (Lipinski definition) is 7. The standard InChI is InChI=1S/C30H53FN6O2/c1-4-7-8-9-12-24-28(25(15-17-35-24)39-22-11-10-16-34-19-22)37-30(38)26(29(32)33)27-23(6-3)20(5-2)13-14-21(31)18-36-27/h18,20-22,25-26,28-29,34H,4-17,19,32-33H2,1-3H3,(H,37,38)/t20?,21?,22-,25?,26?,28?/m0/s1. The predicted octanol–water partition coefficient (Wildman–Crippen LogP) is 4.18. The molecule has 3 aliphatic heterocycles. The molecule has 0 bridgehead atoms. The van der Waals surface area contributed by atoms with E-state index >= 15 is 0 Å². The van der Waals surface area contributed by atoms with Gasteiger partial charge >= 0.3 is 0 Å². The molecule has 8 nitrogen and oxygen atoms in total. The van der Waals surface area contributed by atoms with Gasteiger partial charge in [0, 0.05) is 25.0 Å². The third kappa shape index (κ3) is 9.17. The minimum Gasteiger partial charge on any atom is -0.371 e. The Morgan fingerprint density at radius 3 is 2.67 bits per heavy atom. The van der Waals surface area contributed by atoms with Crippen molar-refractivity contribution in [2.24, 2.45) is 33.3 Å². The largest absolute Gasteiger partial charge is 0.371 e. The Balaban J connectivity index is 1.89. The zero-order valence-corrected chi connectivity index (χ0v) is 24.5. The molecule has 5 unspecified atom stereocenters. The van der Waals surface area contributed by atoms with Crippen molar-refractivity contribution in [3.8, 4) is 0 Å². The van der Waals surface area contributed by atoms with Gasteiger partial charge in [0.2, 0.25) is 5.91 Å². The third-order valence-corrected chi connectivity index (χ3v) is 8.49. The van der Waals surface area contributed by atoms with Crippen LogP contribution in [0.2, 0.25) is 0 Å². The number of carbonyl (C=O) groups excluding carboxylic acids is 1. The zero-order valence-electron chi connectivity index (χ0n) is 24.5. The van der Waals surface area contributed by atoms with E-state index in [4.69, 9.17) is 21.2 Å². The fraction of sp³-hybridized carbons (Fsp3) is 0.833. The highest BCUT2D eigenvalue weighted by atomic mass is 19.1. The highest BCUT2D eigenvalue weighted by Crippen LogP contribution is 2.33. The van der Waals surface area contributed by atoms with Gasteiger partial charge in [-0.25, -0.2) is 4.39 Å². The molecule has 0 radical (unpaired) electrons. The molecule has 0 spiro atoms. The summed E-state index contributed by atoms with van der Waals surface area (Å²) < 4.78 is 21.1. The lowest BCUT2D eigenvalue weighted by molar-refractivity contribution is -0.126. The molecule has 0 aromatic carbocycles. The first-order valence-corrected chi connectivity index (χ1v) is 15.5. The highest BCUT2D eigenvalue weighted by molar-refractivity contribution is 5.95. The number of amides is 1. The molecule has 0 saturated carbocycles. The highest BCUT2D eigenvalue weighted by Gasteiger charge is 2.38. The van der Waals surface area contributed by atoms with Crippen LogP contribution in [0, 0.1) is 11.8 Å². The molecule has 3 aliphatic rings. The Hall–Kier alpha value is -1.68. The summed E-state index contributed by atoms with van der Waals surface area (Å²) in [6, 6.07) is -0.338. The van der Waals surface area contributed by atoms with Gasteiger partial charge in [0.05, 0.1) is 30.1 Å². The first-order chi connectivity index (χ1) is 18.9. The maximum atomic E-state index is 14.5. The maximum absolute atomic E-state index is 14.5. The number of nitrogens with one attached hydrogen (secondary N) is 2. The number of carbonyl (C=O) groups is 1. The lowest BCUT2D eigenvalue weighted by Gasteiger charge is -2.37. The topological polar surface area (TPSA) is 127 Å². The fourth-order valence-corrected chi connectivity index (χ4v) is 6.28. The fourth-order valence-electron chi connectivity index (χ4n) is 6.28. The number of aliphatic imine (C=N–C) groups is 2. The number of hydrogen-bond donors (Lipinski definition) is 4. The van der Waals surface area contributed by atoms with Crippen LogP contribution in [0.1, 0.15) is 97.8 Å². The van der Waals surface area contributed by atoms with Crippen LogP contribution in [0.4, 0.5) is 4.39 Å². The van der Waals surface area contributed by atoms with Crippen LogP contribution in [-0.4, -0.2) is 68.1 Å². The number of piperidine rings is 1. The van der Waals surface area contributed by atoms with E-state index in [0.29, 0.717) is 31.5 Å². The average Bonchev–Trinajstić information content (AvgIpc) is 2.92. The van der Waals surface area contributed by atoms with Crippen LogP contribution in [0.25, 0.3) is 0 Å². The summed E-state index contributed by atoms with van der Waals surface area (Å²) in [4.78, 5) is 23.5. The molecule has 1 fully saturated rings. The summed E-state index contributed by atoms with van der Waals surface area (Å²) in [6.45, 7) is 8.89. The maximum Gasteiger partial charge on any atom is 0.232 e. The number of ether oxygens (including phenoxy) is 1. The molecule has 0 aliphatic carbocycles. The minimum absolute atomic E-state index is 0.117. The van der Waals surface area contributed by atoms with E-state index < -0.39 is 18.3 Å². The molecule has 39 heavy (non-hydrogen) atoms. The van der Waals surface area contributed by atoms with E-state index in [1.54, 1.807) is 0 Å². The number of halogens is 1. The van der Waals surface area contributed by atoms with Crippen molar-refractivity contribution in [2.45, 2.75) is 128 Å². The Bertz CT molecular complexity index is 854. The second kappa shape index (κ2) is 16.6. The Morgan fingerprint density at radius 2 is 2.00 bits per heavy atom. The summed E-state index contributed by atoms with van der Waals surface area (Å²) in [7, 11) is 0. The van der Waals surface area contributed by atoms with E-state index in [1.165, 1.54) is 12.6 Å². The SMILES string of the molecule is CCCCCCC1=NCCC(O[C@H]2CCCNC2)C1NC(=O)C(C1=C(CC)C(CC)CCC(F)C=N1)C(N)N. The molecule has 1 saturated heterocycles. The quantitative estimate of drug-likeness (QED) is 0.203. The summed E-state index contributed by atoms with van der Waals surface area (Å²) in [5.41, 5.74) is 15.1.